The van der Waals surface area contributed by atoms with Gasteiger partial charge >= 0.3 is 5.97 Å². The largest absolute Gasteiger partial charge is 0.480 e. The molecule has 0 aliphatic heterocycles. The summed E-state index contributed by atoms with van der Waals surface area (Å²) in [5.41, 5.74) is 11.4. The predicted molar refractivity (Wildman–Crippen MR) is 109 cm³/mol. The van der Waals surface area contributed by atoms with Crippen molar-refractivity contribution in [3.05, 3.63) is 18.2 Å². The molecule has 14 nitrogen and oxygen atoms in total. The molecule has 0 fully saturated rings. The van der Waals surface area contributed by atoms with Crippen LogP contribution in [-0.4, -0.2) is 80.6 Å². The van der Waals surface area contributed by atoms with Gasteiger partial charge < -0.3 is 42.6 Å². The van der Waals surface area contributed by atoms with Crippen molar-refractivity contribution >= 4 is 29.6 Å². The molecule has 4 amide bonds. The molecule has 32 heavy (non-hydrogen) atoms. The van der Waals surface area contributed by atoms with Gasteiger partial charge in [0.25, 0.3) is 0 Å². The molecule has 1 aromatic heterocycles. The second kappa shape index (κ2) is 12.4. The molecule has 0 bridgehead atoms. The summed E-state index contributed by atoms with van der Waals surface area (Å²) in [6.45, 7) is 2.43. The number of primary amides is 1. The molecule has 4 atom stereocenters. The molecule has 0 spiro atoms. The third-order valence-corrected chi connectivity index (χ3v) is 4.41. The highest BCUT2D eigenvalue weighted by Gasteiger charge is 2.31. The fraction of sp³-hybridized carbons (Fsp3) is 0.556. The van der Waals surface area contributed by atoms with Crippen LogP contribution in [0.3, 0.4) is 0 Å². The average molecular weight is 455 g/mol. The number of nitrogens with one attached hydrogen (secondary N) is 4. The first-order valence-corrected chi connectivity index (χ1v) is 9.72. The molecule has 1 rings (SSSR count). The van der Waals surface area contributed by atoms with Crippen LogP contribution in [0.25, 0.3) is 0 Å². The van der Waals surface area contributed by atoms with Gasteiger partial charge in [-0.25, -0.2) is 9.78 Å². The second-order valence-corrected chi connectivity index (χ2v) is 7.43. The zero-order chi connectivity index (χ0) is 24.4. The van der Waals surface area contributed by atoms with E-state index in [1.54, 1.807) is 13.8 Å². The van der Waals surface area contributed by atoms with Crippen molar-refractivity contribution < 1.29 is 34.2 Å². The molecule has 0 saturated heterocycles. The minimum absolute atomic E-state index is 0.149. The zero-order valence-corrected chi connectivity index (χ0v) is 17.7. The van der Waals surface area contributed by atoms with Gasteiger partial charge in [-0.2, -0.15) is 0 Å². The van der Waals surface area contributed by atoms with Crippen molar-refractivity contribution in [2.24, 2.45) is 17.4 Å². The Morgan fingerprint density at radius 3 is 2.16 bits per heavy atom. The van der Waals surface area contributed by atoms with E-state index in [9.17, 15) is 29.1 Å². The van der Waals surface area contributed by atoms with Crippen LogP contribution in [0.2, 0.25) is 0 Å². The Kier molecular flexibility index (Phi) is 10.2. The SMILES string of the molecule is CC(C)C(NC(=O)C(N)Cc1cnc[nH]1)C(=O)NC(CO)C(=O)NC(CC(N)=O)C(=O)O. The first kappa shape index (κ1) is 26.5. The Labute approximate surface area is 183 Å². The van der Waals surface area contributed by atoms with Crippen LogP contribution in [0.15, 0.2) is 12.5 Å². The number of aliphatic hydroxyl groups is 1. The third kappa shape index (κ3) is 8.31. The molecule has 0 aliphatic rings. The molecule has 0 radical (unpaired) electrons. The van der Waals surface area contributed by atoms with E-state index in [0.717, 1.165) is 0 Å². The van der Waals surface area contributed by atoms with Gasteiger partial charge in [0, 0.05) is 18.3 Å². The van der Waals surface area contributed by atoms with Gasteiger partial charge in [0.05, 0.1) is 25.4 Å². The van der Waals surface area contributed by atoms with Crippen molar-refractivity contribution in [2.75, 3.05) is 6.61 Å². The van der Waals surface area contributed by atoms with Gasteiger partial charge in [0.15, 0.2) is 0 Å². The number of nitrogens with zero attached hydrogens (tertiary/aromatic N) is 1. The number of aromatic nitrogens is 2. The van der Waals surface area contributed by atoms with Gasteiger partial charge in [-0.05, 0) is 5.92 Å². The maximum Gasteiger partial charge on any atom is 0.326 e. The molecule has 10 N–H and O–H groups in total. The lowest BCUT2D eigenvalue weighted by Crippen LogP contribution is -2.59. The second-order valence-electron chi connectivity index (χ2n) is 7.43. The summed E-state index contributed by atoms with van der Waals surface area (Å²) < 4.78 is 0. The van der Waals surface area contributed by atoms with Crippen LogP contribution in [-0.2, 0) is 30.4 Å². The van der Waals surface area contributed by atoms with Crippen LogP contribution in [0, 0.1) is 5.92 Å². The summed E-state index contributed by atoms with van der Waals surface area (Å²) in [4.78, 5) is 66.1. The highest BCUT2D eigenvalue weighted by atomic mass is 16.4. The van der Waals surface area contributed by atoms with Crippen LogP contribution < -0.4 is 27.4 Å². The van der Waals surface area contributed by atoms with Gasteiger partial charge in [0.2, 0.25) is 23.6 Å². The minimum atomic E-state index is -1.63. The fourth-order valence-electron chi connectivity index (χ4n) is 2.65. The van der Waals surface area contributed by atoms with Gasteiger partial charge in [-0.1, -0.05) is 13.8 Å². The third-order valence-electron chi connectivity index (χ3n) is 4.41. The Bertz CT molecular complexity index is 813. The molecule has 4 unspecified atom stereocenters. The number of aliphatic hydroxyl groups excluding tert-OH is 1. The van der Waals surface area contributed by atoms with E-state index in [-0.39, 0.29) is 6.42 Å². The molecule has 0 saturated carbocycles. The number of imidazole rings is 1. The van der Waals surface area contributed by atoms with Crippen LogP contribution in [0.1, 0.15) is 26.0 Å². The normalized spacial score (nSPS) is 14.7. The highest BCUT2D eigenvalue weighted by molar-refractivity contribution is 5.95. The number of aliphatic carboxylic acids is 1. The quantitative estimate of drug-likeness (QED) is 0.146. The van der Waals surface area contributed by atoms with E-state index in [2.05, 4.69) is 20.6 Å². The van der Waals surface area contributed by atoms with Crippen molar-refractivity contribution in [3.8, 4) is 0 Å². The van der Waals surface area contributed by atoms with Crippen molar-refractivity contribution in [2.45, 2.75) is 50.9 Å². The standard InChI is InChI=1S/C18H29N7O7/c1-8(2)14(25-15(28)10(19)3-9-5-21-7-22-9)17(30)24-12(6-26)16(29)23-11(18(31)32)4-13(20)27/h5,7-8,10-12,14,26H,3-4,6,19H2,1-2H3,(H2,20,27)(H,21,22)(H,23,29)(H,24,30)(H,25,28)(H,31,32). The lowest BCUT2D eigenvalue weighted by Gasteiger charge is -2.26. The molecule has 0 aliphatic carbocycles. The van der Waals surface area contributed by atoms with Gasteiger partial charge in [-0.3, -0.25) is 19.2 Å². The van der Waals surface area contributed by atoms with Crippen LogP contribution >= 0.6 is 0 Å². The maximum absolute atomic E-state index is 12.7. The molecule has 1 aromatic rings. The van der Waals surface area contributed by atoms with Crippen molar-refractivity contribution in [3.63, 3.8) is 0 Å². The summed E-state index contributed by atoms with van der Waals surface area (Å²) in [6, 6.07) is -5.24. The van der Waals surface area contributed by atoms with E-state index in [1.165, 1.54) is 12.5 Å². The first-order chi connectivity index (χ1) is 15.0. The predicted octanol–water partition coefficient (Wildman–Crippen LogP) is -3.66. The summed E-state index contributed by atoms with van der Waals surface area (Å²) in [6.07, 6.45) is 2.41. The molecular weight excluding hydrogens is 426 g/mol. The Morgan fingerprint density at radius 1 is 1.06 bits per heavy atom. The van der Waals surface area contributed by atoms with E-state index >= 15 is 0 Å². The molecule has 178 valence electrons. The fourth-order valence-corrected chi connectivity index (χ4v) is 2.65. The number of aromatic amines is 1. The zero-order valence-electron chi connectivity index (χ0n) is 17.7. The smallest absolute Gasteiger partial charge is 0.326 e. The first-order valence-electron chi connectivity index (χ1n) is 9.72. The lowest BCUT2D eigenvalue weighted by atomic mass is 10.0. The lowest BCUT2D eigenvalue weighted by molar-refractivity contribution is -0.144. The number of hydrogen-bond donors (Lipinski definition) is 8. The van der Waals surface area contributed by atoms with Crippen molar-refractivity contribution in [1.82, 2.24) is 25.9 Å². The molecule has 14 heteroatoms. The maximum atomic E-state index is 12.7. The summed E-state index contributed by atoms with van der Waals surface area (Å²) in [5, 5.41) is 25.3. The number of carbonyl (C=O) groups is 5. The highest BCUT2D eigenvalue weighted by Crippen LogP contribution is 2.05. The van der Waals surface area contributed by atoms with Crippen LogP contribution in [0.4, 0.5) is 0 Å². The van der Waals surface area contributed by atoms with E-state index in [0.29, 0.717) is 5.69 Å². The average Bonchev–Trinajstić information content (AvgIpc) is 3.21. The number of carboxylic acid groups (broad SMARTS) is 1. The topological polar surface area (TPSA) is 243 Å². The van der Waals surface area contributed by atoms with E-state index in [4.69, 9.17) is 16.6 Å². The summed E-state index contributed by atoms with van der Waals surface area (Å²) in [5.74, 6) is -5.35. The molecule has 1 heterocycles. The summed E-state index contributed by atoms with van der Waals surface area (Å²) in [7, 11) is 0. The number of carbonyl (C=O) groups excluding carboxylic acids is 4. The number of carboxylic acids is 1. The Morgan fingerprint density at radius 2 is 1.69 bits per heavy atom. The van der Waals surface area contributed by atoms with E-state index < -0.39 is 72.7 Å². The van der Waals surface area contributed by atoms with Crippen LogP contribution in [0.5, 0.6) is 0 Å². The number of nitrogens with two attached hydrogens (primary N) is 2. The number of rotatable bonds is 13. The van der Waals surface area contributed by atoms with Gasteiger partial charge in [-0.15, -0.1) is 0 Å². The van der Waals surface area contributed by atoms with Gasteiger partial charge in [0.1, 0.15) is 18.1 Å². The summed E-state index contributed by atoms with van der Waals surface area (Å²) >= 11 is 0. The monoisotopic (exact) mass is 455 g/mol. The number of hydrogen-bond acceptors (Lipinski definition) is 8. The van der Waals surface area contributed by atoms with Crippen molar-refractivity contribution in [1.29, 1.82) is 0 Å². The Hall–Kier alpha value is -3.52. The Balaban J connectivity index is 2.79. The number of H-pyrrole nitrogens is 1. The van der Waals surface area contributed by atoms with E-state index in [1.807, 2.05) is 5.32 Å². The minimum Gasteiger partial charge on any atom is -0.480 e. The molecule has 0 aromatic carbocycles. The number of amides is 4. The molecular formula is C18H29N7O7.